The molecule has 4 aromatic rings. The number of pyridine rings is 1. The van der Waals surface area contributed by atoms with Crippen molar-refractivity contribution < 1.29 is 14.3 Å². The van der Waals surface area contributed by atoms with Gasteiger partial charge >= 0.3 is 0 Å². The Morgan fingerprint density at radius 2 is 1.79 bits per heavy atom. The molecular formula is C23H21N3O3. The van der Waals surface area contributed by atoms with E-state index in [0.717, 1.165) is 11.3 Å². The van der Waals surface area contributed by atoms with Crippen molar-refractivity contribution in [1.82, 2.24) is 9.38 Å². The molecule has 6 heteroatoms. The fraction of sp³-hybridized carbons (Fsp3) is 0.130. The number of benzene rings is 2. The third kappa shape index (κ3) is 4.38. The summed E-state index contributed by atoms with van der Waals surface area (Å²) < 4.78 is 13.3. The first kappa shape index (κ1) is 18.6. The standard InChI is InChI=1S/C23H21N3O3/c1-2-28-21-8-4-3-7-20(21)25-23(27)17-10-12-19(13-11-17)29-16-18-15-26-14-6-5-9-22(26)24-18/h3-15H,2,16H2,1H3,(H,25,27). The van der Waals surface area contributed by atoms with Crippen molar-refractivity contribution in [2.75, 3.05) is 11.9 Å². The molecule has 0 saturated heterocycles. The van der Waals surface area contributed by atoms with Crippen LogP contribution in [0.15, 0.2) is 79.1 Å². The Bertz CT molecular complexity index is 1090. The van der Waals surface area contributed by atoms with Gasteiger partial charge in [0.15, 0.2) is 0 Å². The number of fused-ring (bicyclic) bond motifs is 1. The maximum absolute atomic E-state index is 12.5. The maximum Gasteiger partial charge on any atom is 0.255 e. The van der Waals surface area contributed by atoms with E-state index in [9.17, 15) is 4.79 Å². The number of rotatable bonds is 7. The zero-order valence-corrected chi connectivity index (χ0v) is 16.0. The van der Waals surface area contributed by atoms with Crippen LogP contribution in [0.3, 0.4) is 0 Å². The lowest BCUT2D eigenvalue weighted by Gasteiger charge is -2.11. The van der Waals surface area contributed by atoms with Gasteiger partial charge in [0.05, 0.1) is 18.0 Å². The Labute approximate surface area is 168 Å². The van der Waals surface area contributed by atoms with Gasteiger partial charge in [-0.1, -0.05) is 18.2 Å². The van der Waals surface area contributed by atoms with Crippen LogP contribution in [0.4, 0.5) is 5.69 Å². The molecule has 0 radical (unpaired) electrons. The zero-order valence-electron chi connectivity index (χ0n) is 16.0. The minimum Gasteiger partial charge on any atom is -0.492 e. The first-order valence-corrected chi connectivity index (χ1v) is 9.41. The van der Waals surface area contributed by atoms with Crippen LogP contribution < -0.4 is 14.8 Å². The molecule has 6 nitrogen and oxygen atoms in total. The van der Waals surface area contributed by atoms with E-state index in [1.807, 2.05) is 66.2 Å². The number of ether oxygens (including phenoxy) is 2. The number of carbonyl (C=O) groups is 1. The molecule has 146 valence electrons. The molecule has 4 rings (SSSR count). The Morgan fingerprint density at radius 3 is 2.59 bits per heavy atom. The third-order valence-electron chi connectivity index (χ3n) is 4.35. The number of hydrogen-bond donors (Lipinski definition) is 1. The van der Waals surface area contributed by atoms with Gasteiger partial charge in [0, 0.05) is 18.0 Å². The number of anilines is 1. The largest absolute Gasteiger partial charge is 0.492 e. The van der Waals surface area contributed by atoms with Crippen LogP contribution in [0.1, 0.15) is 23.0 Å². The number of para-hydroxylation sites is 2. The number of nitrogens with one attached hydrogen (secondary N) is 1. The molecule has 0 aliphatic rings. The minimum absolute atomic E-state index is 0.205. The first-order valence-electron chi connectivity index (χ1n) is 9.41. The second-order valence-corrected chi connectivity index (χ2v) is 6.39. The molecule has 0 spiro atoms. The van der Waals surface area contributed by atoms with Crippen molar-refractivity contribution in [1.29, 1.82) is 0 Å². The molecule has 0 aliphatic heterocycles. The number of aromatic nitrogens is 2. The summed E-state index contributed by atoms with van der Waals surface area (Å²) in [5.74, 6) is 1.12. The molecule has 2 aromatic heterocycles. The van der Waals surface area contributed by atoms with E-state index in [0.29, 0.717) is 36.0 Å². The number of imidazole rings is 1. The van der Waals surface area contributed by atoms with E-state index in [1.54, 1.807) is 24.3 Å². The van der Waals surface area contributed by atoms with E-state index in [-0.39, 0.29) is 5.91 Å². The van der Waals surface area contributed by atoms with Gasteiger partial charge in [0.1, 0.15) is 23.8 Å². The average molecular weight is 387 g/mol. The van der Waals surface area contributed by atoms with Gasteiger partial charge in [-0.3, -0.25) is 4.79 Å². The van der Waals surface area contributed by atoms with Crippen molar-refractivity contribution in [2.45, 2.75) is 13.5 Å². The molecular weight excluding hydrogens is 366 g/mol. The highest BCUT2D eigenvalue weighted by Gasteiger charge is 2.10. The second kappa shape index (κ2) is 8.48. The fourth-order valence-electron chi connectivity index (χ4n) is 2.96. The van der Waals surface area contributed by atoms with Crippen LogP contribution in [-0.4, -0.2) is 21.9 Å². The minimum atomic E-state index is -0.205. The summed E-state index contributed by atoms with van der Waals surface area (Å²) in [4.78, 5) is 17.0. The lowest BCUT2D eigenvalue weighted by atomic mass is 10.2. The second-order valence-electron chi connectivity index (χ2n) is 6.39. The number of nitrogens with zero attached hydrogens (tertiary/aromatic N) is 2. The monoisotopic (exact) mass is 387 g/mol. The number of amides is 1. The summed E-state index contributed by atoms with van der Waals surface area (Å²) in [5.41, 5.74) is 2.90. The summed E-state index contributed by atoms with van der Waals surface area (Å²) in [6, 6.07) is 20.2. The van der Waals surface area contributed by atoms with E-state index >= 15 is 0 Å². The fourth-order valence-corrected chi connectivity index (χ4v) is 2.96. The summed E-state index contributed by atoms with van der Waals surface area (Å²) in [7, 11) is 0. The summed E-state index contributed by atoms with van der Waals surface area (Å²) in [6.07, 6.45) is 3.88. The van der Waals surface area contributed by atoms with Crippen LogP contribution in [0.2, 0.25) is 0 Å². The molecule has 0 fully saturated rings. The van der Waals surface area contributed by atoms with Gasteiger partial charge in [-0.15, -0.1) is 0 Å². The van der Waals surface area contributed by atoms with E-state index in [1.165, 1.54) is 0 Å². The number of hydrogen-bond acceptors (Lipinski definition) is 4. The van der Waals surface area contributed by atoms with Gasteiger partial charge in [0.2, 0.25) is 0 Å². The predicted molar refractivity (Wildman–Crippen MR) is 112 cm³/mol. The summed E-state index contributed by atoms with van der Waals surface area (Å²) in [6.45, 7) is 2.80. The van der Waals surface area contributed by atoms with Gasteiger partial charge in [0.25, 0.3) is 5.91 Å². The van der Waals surface area contributed by atoms with Crippen LogP contribution in [0, 0.1) is 0 Å². The van der Waals surface area contributed by atoms with Crippen molar-refractivity contribution >= 4 is 17.2 Å². The van der Waals surface area contributed by atoms with Gasteiger partial charge in [-0.05, 0) is 55.5 Å². The Morgan fingerprint density at radius 1 is 1.00 bits per heavy atom. The first-order chi connectivity index (χ1) is 14.2. The van der Waals surface area contributed by atoms with Crippen molar-refractivity contribution in [3.8, 4) is 11.5 Å². The molecule has 2 aromatic carbocycles. The Kier molecular flexibility index (Phi) is 5.42. The highest BCUT2D eigenvalue weighted by atomic mass is 16.5. The van der Waals surface area contributed by atoms with E-state index < -0.39 is 0 Å². The molecule has 2 heterocycles. The smallest absolute Gasteiger partial charge is 0.255 e. The van der Waals surface area contributed by atoms with Gasteiger partial charge in [-0.25, -0.2) is 4.98 Å². The van der Waals surface area contributed by atoms with Crippen molar-refractivity contribution in [2.24, 2.45) is 0 Å². The van der Waals surface area contributed by atoms with Crippen LogP contribution in [0.25, 0.3) is 5.65 Å². The third-order valence-corrected chi connectivity index (χ3v) is 4.35. The lowest BCUT2D eigenvalue weighted by molar-refractivity contribution is 0.102. The molecule has 0 aliphatic carbocycles. The topological polar surface area (TPSA) is 64.9 Å². The highest BCUT2D eigenvalue weighted by Crippen LogP contribution is 2.24. The summed E-state index contributed by atoms with van der Waals surface area (Å²) >= 11 is 0. The molecule has 0 saturated carbocycles. The molecule has 29 heavy (non-hydrogen) atoms. The van der Waals surface area contributed by atoms with Crippen LogP contribution >= 0.6 is 0 Å². The SMILES string of the molecule is CCOc1ccccc1NC(=O)c1ccc(OCc2cn3ccccc3n2)cc1. The Hall–Kier alpha value is -3.80. The molecule has 0 atom stereocenters. The summed E-state index contributed by atoms with van der Waals surface area (Å²) in [5, 5.41) is 2.89. The molecule has 1 N–H and O–H groups in total. The average Bonchev–Trinajstić information content (AvgIpc) is 3.17. The van der Waals surface area contributed by atoms with Crippen molar-refractivity contribution in [3.05, 3.63) is 90.4 Å². The normalized spacial score (nSPS) is 10.7. The maximum atomic E-state index is 12.5. The lowest BCUT2D eigenvalue weighted by Crippen LogP contribution is -2.12. The zero-order chi connectivity index (χ0) is 20.1. The van der Waals surface area contributed by atoms with E-state index in [2.05, 4.69) is 10.3 Å². The molecule has 1 amide bonds. The molecule has 0 unspecified atom stereocenters. The molecule has 0 bridgehead atoms. The quantitative estimate of drug-likeness (QED) is 0.505. The Balaban J connectivity index is 1.39. The van der Waals surface area contributed by atoms with E-state index in [4.69, 9.17) is 9.47 Å². The predicted octanol–water partition coefficient (Wildman–Crippen LogP) is 4.56. The van der Waals surface area contributed by atoms with Gasteiger partial charge < -0.3 is 19.2 Å². The van der Waals surface area contributed by atoms with Crippen molar-refractivity contribution in [3.63, 3.8) is 0 Å². The van der Waals surface area contributed by atoms with Crippen LogP contribution in [-0.2, 0) is 6.61 Å². The van der Waals surface area contributed by atoms with Crippen LogP contribution in [0.5, 0.6) is 11.5 Å². The van der Waals surface area contributed by atoms with Gasteiger partial charge in [-0.2, -0.15) is 0 Å². The number of carbonyl (C=O) groups excluding carboxylic acids is 1. The highest BCUT2D eigenvalue weighted by molar-refractivity contribution is 6.05.